The Kier molecular flexibility index (Phi) is 6.62. The quantitative estimate of drug-likeness (QED) is 0.677. The Morgan fingerprint density at radius 3 is 2.70 bits per heavy atom. The van der Waals surface area contributed by atoms with Gasteiger partial charge in [0.1, 0.15) is 11.5 Å². The lowest BCUT2D eigenvalue weighted by Crippen LogP contribution is -2.14. The average Bonchev–Trinajstić information content (AvgIpc) is 2.45. The van der Waals surface area contributed by atoms with Crippen molar-refractivity contribution in [1.29, 1.82) is 0 Å². The number of phenols is 1. The zero-order valence-electron chi connectivity index (χ0n) is 12.2. The molecular formula is C16H14BrClO4S. The number of hydrogen-bond donors (Lipinski definition) is 1. The maximum atomic E-state index is 11.3. The first-order valence-corrected chi connectivity index (χ1v) is 8.72. The van der Waals surface area contributed by atoms with Crippen LogP contribution in [-0.4, -0.2) is 24.3 Å². The number of ether oxygens (including phenoxy) is 2. The number of rotatable bonds is 6. The van der Waals surface area contributed by atoms with Gasteiger partial charge in [0.2, 0.25) is 0 Å². The van der Waals surface area contributed by atoms with Gasteiger partial charge in [0.15, 0.2) is 6.61 Å². The van der Waals surface area contributed by atoms with E-state index in [0.717, 1.165) is 14.3 Å². The summed E-state index contributed by atoms with van der Waals surface area (Å²) in [6, 6.07) is 10.4. The summed E-state index contributed by atoms with van der Waals surface area (Å²) in [5.74, 6) is 0.162. The Morgan fingerprint density at radius 1 is 1.26 bits per heavy atom. The molecule has 0 spiro atoms. The van der Waals surface area contributed by atoms with Gasteiger partial charge < -0.3 is 14.6 Å². The van der Waals surface area contributed by atoms with Gasteiger partial charge in [-0.15, -0.1) is 0 Å². The molecule has 0 unspecified atom stereocenters. The van der Waals surface area contributed by atoms with Crippen LogP contribution >= 0.6 is 39.3 Å². The summed E-state index contributed by atoms with van der Waals surface area (Å²) in [6.45, 7) is 1.86. The SMILES string of the molecule is CCOC(=O)COc1ccc(Sc2cc(O)cc(Br)c2)cc1Cl. The number of hydrogen-bond acceptors (Lipinski definition) is 5. The Morgan fingerprint density at radius 2 is 2.04 bits per heavy atom. The first-order chi connectivity index (χ1) is 11.0. The number of halogens is 2. The van der Waals surface area contributed by atoms with E-state index < -0.39 is 5.97 Å². The molecule has 0 radical (unpaired) electrons. The molecule has 23 heavy (non-hydrogen) atoms. The molecule has 0 amide bonds. The molecule has 0 atom stereocenters. The molecule has 0 saturated heterocycles. The Labute approximate surface area is 151 Å². The number of carbonyl (C=O) groups excluding carboxylic acids is 1. The third-order valence-corrected chi connectivity index (χ3v) is 4.36. The molecule has 0 aliphatic carbocycles. The van der Waals surface area contributed by atoms with Gasteiger partial charge in [-0.3, -0.25) is 0 Å². The highest BCUT2D eigenvalue weighted by atomic mass is 79.9. The van der Waals surface area contributed by atoms with E-state index in [1.807, 2.05) is 12.1 Å². The summed E-state index contributed by atoms with van der Waals surface area (Å²) in [5, 5.41) is 10.0. The lowest BCUT2D eigenvalue weighted by molar-refractivity contribution is -0.145. The molecule has 2 rings (SSSR count). The third-order valence-electron chi connectivity index (χ3n) is 2.65. The molecule has 0 aliphatic rings. The molecule has 7 heteroatoms. The highest BCUT2D eigenvalue weighted by Crippen LogP contribution is 2.36. The van der Waals surface area contributed by atoms with Gasteiger partial charge in [-0.05, 0) is 43.3 Å². The van der Waals surface area contributed by atoms with Crippen molar-refractivity contribution in [3.63, 3.8) is 0 Å². The van der Waals surface area contributed by atoms with Crippen LogP contribution in [0.1, 0.15) is 6.92 Å². The number of phenolic OH excluding ortho intramolecular Hbond substituents is 1. The molecule has 4 nitrogen and oxygen atoms in total. The molecule has 1 N–H and O–H groups in total. The fourth-order valence-corrected chi connectivity index (χ4v) is 3.63. The van der Waals surface area contributed by atoms with Crippen molar-refractivity contribution < 1.29 is 19.4 Å². The summed E-state index contributed by atoms with van der Waals surface area (Å²) in [6.07, 6.45) is 0. The molecule has 0 fully saturated rings. The lowest BCUT2D eigenvalue weighted by Gasteiger charge is -2.09. The summed E-state index contributed by atoms with van der Waals surface area (Å²) in [7, 11) is 0. The van der Waals surface area contributed by atoms with E-state index in [9.17, 15) is 9.90 Å². The van der Waals surface area contributed by atoms with Gasteiger partial charge in [0, 0.05) is 14.3 Å². The lowest BCUT2D eigenvalue weighted by atomic mass is 10.3. The number of benzene rings is 2. The first-order valence-electron chi connectivity index (χ1n) is 6.73. The normalized spacial score (nSPS) is 10.4. The van der Waals surface area contributed by atoms with Crippen LogP contribution in [0, 0.1) is 0 Å². The molecule has 0 bridgehead atoms. The van der Waals surface area contributed by atoms with Gasteiger partial charge in [-0.2, -0.15) is 0 Å². The van der Waals surface area contributed by atoms with E-state index in [1.165, 1.54) is 11.8 Å². The fraction of sp³-hybridized carbons (Fsp3) is 0.188. The van der Waals surface area contributed by atoms with Gasteiger partial charge in [0.25, 0.3) is 0 Å². The minimum absolute atomic E-state index is 0.181. The molecule has 0 heterocycles. The van der Waals surface area contributed by atoms with Crippen LogP contribution in [0.2, 0.25) is 5.02 Å². The van der Waals surface area contributed by atoms with Gasteiger partial charge in [0.05, 0.1) is 11.6 Å². The standard InChI is InChI=1S/C16H14BrClO4S/c1-2-21-16(20)9-22-15-4-3-12(8-14(15)18)23-13-6-10(17)5-11(19)7-13/h3-8,19H,2,9H2,1H3. The number of aromatic hydroxyl groups is 1. The molecule has 0 aliphatic heterocycles. The highest BCUT2D eigenvalue weighted by molar-refractivity contribution is 9.10. The van der Waals surface area contributed by atoms with E-state index in [4.69, 9.17) is 21.1 Å². The van der Waals surface area contributed by atoms with Gasteiger partial charge in [-0.1, -0.05) is 39.3 Å². The van der Waals surface area contributed by atoms with Crippen LogP contribution in [-0.2, 0) is 9.53 Å². The minimum atomic E-state index is -0.438. The predicted octanol–water partition coefficient (Wildman–Crippen LogP) is 4.90. The van der Waals surface area contributed by atoms with Gasteiger partial charge in [-0.25, -0.2) is 4.79 Å². The smallest absolute Gasteiger partial charge is 0.344 e. The van der Waals surface area contributed by atoms with Crippen LogP contribution in [0.15, 0.2) is 50.7 Å². The summed E-state index contributed by atoms with van der Waals surface area (Å²) in [5.41, 5.74) is 0. The van der Waals surface area contributed by atoms with E-state index in [-0.39, 0.29) is 12.4 Å². The number of esters is 1. The Balaban J connectivity index is 2.05. The zero-order chi connectivity index (χ0) is 16.8. The first kappa shape index (κ1) is 18.0. The van der Waals surface area contributed by atoms with Crippen LogP contribution < -0.4 is 4.74 Å². The van der Waals surface area contributed by atoms with Crippen LogP contribution in [0.25, 0.3) is 0 Å². The molecule has 122 valence electrons. The Bertz CT molecular complexity index is 688. The van der Waals surface area contributed by atoms with Crippen LogP contribution in [0.4, 0.5) is 0 Å². The third kappa shape index (κ3) is 5.64. The monoisotopic (exact) mass is 416 g/mol. The molecule has 0 saturated carbocycles. The van der Waals surface area contributed by atoms with Crippen molar-refractivity contribution in [1.82, 2.24) is 0 Å². The molecule has 0 aromatic heterocycles. The van der Waals surface area contributed by atoms with Crippen LogP contribution in [0.5, 0.6) is 11.5 Å². The van der Waals surface area contributed by atoms with Crippen molar-refractivity contribution in [2.75, 3.05) is 13.2 Å². The van der Waals surface area contributed by atoms with E-state index in [1.54, 1.807) is 31.2 Å². The van der Waals surface area contributed by atoms with Crippen LogP contribution in [0.3, 0.4) is 0 Å². The van der Waals surface area contributed by atoms with Crippen molar-refractivity contribution in [3.05, 3.63) is 45.9 Å². The average molecular weight is 418 g/mol. The second kappa shape index (κ2) is 8.47. The van der Waals surface area contributed by atoms with Crippen molar-refractivity contribution in [2.24, 2.45) is 0 Å². The van der Waals surface area contributed by atoms with E-state index >= 15 is 0 Å². The van der Waals surface area contributed by atoms with Crippen molar-refractivity contribution >= 4 is 45.3 Å². The molecule has 2 aromatic rings. The van der Waals surface area contributed by atoms with Crippen molar-refractivity contribution in [3.8, 4) is 11.5 Å². The van der Waals surface area contributed by atoms with Gasteiger partial charge >= 0.3 is 5.97 Å². The van der Waals surface area contributed by atoms with Crippen molar-refractivity contribution in [2.45, 2.75) is 16.7 Å². The minimum Gasteiger partial charge on any atom is -0.508 e. The summed E-state index contributed by atoms with van der Waals surface area (Å²) in [4.78, 5) is 13.0. The Hall–Kier alpha value is -1.37. The summed E-state index contributed by atoms with van der Waals surface area (Å²) < 4.78 is 10.9. The summed E-state index contributed by atoms with van der Waals surface area (Å²) >= 11 is 11.0. The second-order valence-corrected chi connectivity index (χ2v) is 6.90. The topological polar surface area (TPSA) is 55.8 Å². The van der Waals surface area contributed by atoms with E-state index in [2.05, 4.69) is 15.9 Å². The van der Waals surface area contributed by atoms with E-state index in [0.29, 0.717) is 17.4 Å². The highest BCUT2D eigenvalue weighted by Gasteiger charge is 2.08. The zero-order valence-corrected chi connectivity index (χ0v) is 15.4. The predicted molar refractivity (Wildman–Crippen MR) is 93.5 cm³/mol. The maximum absolute atomic E-state index is 11.3. The second-order valence-electron chi connectivity index (χ2n) is 4.43. The number of carbonyl (C=O) groups is 1. The molecular weight excluding hydrogens is 404 g/mol. The largest absolute Gasteiger partial charge is 0.508 e. The molecule has 2 aromatic carbocycles. The fourth-order valence-electron chi connectivity index (χ4n) is 1.74. The maximum Gasteiger partial charge on any atom is 0.344 e.